The molecule has 1 spiro atoms. The minimum atomic E-state index is -0.983. The number of carbonyl (C=O) groups is 3. The molecule has 0 saturated carbocycles. The molecule has 0 aromatic heterocycles. The van der Waals surface area contributed by atoms with Crippen LogP contribution in [0, 0.1) is 19.1 Å². The average molecular weight is 546 g/mol. The number of para-hydroxylation sites is 1. The number of fused-ring (bicyclic) bond motifs is 2. The van der Waals surface area contributed by atoms with Gasteiger partial charge in [-0.2, -0.15) is 0 Å². The molecule has 0 bridgehead atoms. The van der Waals surface area contributed by atoms with E-state index in [1.165, 1.54) is 9.80 Å². The summed E-state index contributed by atoms with van der Waals surface area (Å²) in [4.78, 5) is 51.3. The van der Waals surface area contributed by atoms with Gasteiger partial charge in [0.05, 0.1) is 13.0 Å². The number of amides is 3. The molecule has 3 amide bonds. The van der Waals surface area contributed by atoms with Gasteiger partial charge in [0, 0.05) is 24.8 Å². The van der Waals surface area contributed by atoms with Crippen molar-refractivity contribution in [1.82, 2.24) is 9.80 Å². The maximum absolute atomic E-state index is 14.2. The van der Waals surface area contributed by atoms with Gasteiger partial charge in [0.15, 0.2) is 5.69 Å². The number of likely N-dealkylation sites (tertiary alicyclic amines) is 1. The number of hydrogen-bond acceptors (Lipinski definition) is 3. The summed E-state index contributed by atoms with van der Waals surface area (Å²) < 4.78 is 0. The van der Waals surface area contributed by atoms with Crippen LogP contribution >= 0.6 is 0 Å². The van der Waals surface area contributed by atoms with E-state index in [2.05, 4.69) is 15.0 Å². The van der Waals surface area contributed by atoms with Crippen molar-refractivity contribution in [2.24, 2.45) is 5.92 Å². The number of hydrogen-bond donors (Lipinski definition) is 1. The normalized spacial score (nSPS) is 19.8. The van der Waals surface area contributed by atoms with Gasteiger partial charge in [-0.1, -0.05) is 68.4 Å². The molecule has 41 heavy (non-hydrogen) atoms. The molecule has 0 unspecified atom stereocenters. The van der Waals surface area contributed by atoms with E-state index in [4.69, 9.17) is 13.1 Å². The topological polar surface area (TPSA) is 78.4 Å². The van der Waals surface area contributed by atoms with Crippen LogP contribution in [0.1, 0.15) is 42.6 Å². The second-order valence-corrected chi connectivity index (χ2v) is 11.2. The van der Waals surface area contributed by atoms with Gasteiger partial charge >= 0.3 is 6.17 Å². The Morgan fingerprint density at radius 1 is 1.05 bits per heavy atom. The predicted molar refractivity (Wildman–Crippen MR) is 157 cm³/mol. The van der Waals surface area contributed by atoms with Crippen molar-refractivity contribution >= 4 is 29.1 Å². The standard InChI is InChI=1S/C33H31N5O3/c1-21(2)17-28(37(5)30(39)24-10-8-9-23(18-24)22-13-15-25(34-3)16-14-22)31(40)38-20-33(19-29(38)35-4)26-11-6-7-12-27(26)36-32(33)41/h6-16,18,21,28-29H,17,19-20H2,1-2,5H3,(H,36,41)/t28-,29-,33-/m0/s1. The van der Waals surface area contributed by atoms with Gasteiger partial charge in [-0.15, -0.1) is 0 Å². The van der Waals surface area contributed by atoms with E-state index in [9.17, 15) is 14.4 Å². The Balaban J connectivity index is 1.43. The molecule has 2 heterocycles. The molecule has 1 fully saturated rings. The summed E-state index contributed by atoms with van der Waals surface area (Å²) >= 11 is 0. The molecule has 0 radical (unpaired) electrons. The maximum Gasteiger partial charge on any atom is 0.302 e. The van der Waals surface area contributed by atoms with Crippen LogP contribution in [0.4, 0.5) is 11.4 Å². The molecule has 3 atom stereocenters. The Morgan fingerprint density at radius 3 is 2.46 bits per heavy atom. The molecular weight excluding hydrogens is 514 g/mol. The molecule has 2 aliphatic rings. The maximum atomic E-state index is 14.2. The smallest absolute Gasteiger partial charge is 0.302 e. The minimum Gasteiger partial charge on any atom is -0.330 e. The molecule has 3 aromatic carbocycles. The van der Waals surface area contributed by atoms with E-state index < -0.39 is 17.6 Å². The first-order valence-electron chi connectivity index (χ1n) is 13.6. The van der Waals surface area contributed by atoms with Crippen LogP contribution in [-0.2, 0) is 15.0 Å². The summed E-state index contributed by atoms with van der Waals surface area (Å²) in [5, 5.41) is 2.92. The van der Waals surface area contributed by atoms with Crippen molar-refractivity contribution in [2.75, 3.05) is 18.9 Å². The van der Waals surface area contributed by atoms with Crippen LogP contribution in [0.25, 0.3) is 20.8 Å². The summed E-state index contributed by atoms with van der Waals surface area (Å²) in [6.07, 6.45) is -0.180. The van der Waals surface area contributed by atoms with Crippen LogP contribution in [0.5, 0.6) is 0 Å². The fraction of sp³-hybridized carbons (Fsp3) is 0.303. The highest BCUT2D eigenvalue weighted by Gasteiger charge is 2.59. The molecule has 2 aliphatic heterocycles. The lowest BCUT2D eigenvalue weighted by molar-refractivity contribution is -0.136. The number of nitrogens with one attached hydrogen (secondary N) is 1. The Morgan fingerprint density at radius 2 is 1.78 bits per heavy atom. The SMILES string of the molecule is [C-]#[N+]c1ccc(-c2cccc(C(=O)N(C)[C@@H](CC(C)C)C(=O)N3C[C@]4(C[C@H]3[N+]#[C-])C(=O)Nc3ccccc34)c2)cc1. The molecule has 3 aromatic rings. The second kappa shape index (κ2) is 10.9. The summed E-state index contributed by atoms with van der Waals surface area (Å²) in [6.45, 7) is 19.1. The molecule has 5 rings (SSSR count). The Labute approximate surface area is 240 Å². The lowest BCUT2D eigenvalue weighted by Gasteiger charge is -2.32. The van der Waals surface area contributed by atoms with Gasteiger partial charge in [-0.05, 0) is 47.2 Å². The first-order valence-corrected chi connectivity index (χ1v) is 13.6. The largest absolute Gasteiger partial charge is 0.330 e. The zero-order valence-corrected chi connectivity index (χ0v) is 23.3. The van der Waals surface area contributed by atoms with E-state index in [0.29, 0.717) is 23.4 Å². The summed E-state index contributed by atoms with van der Waals surface area (Å²) in [7, 11) is 1.63. The van der Waals surface area contributed by atoms with Gasteiger partial charge in [-0.3, -0.25) is 24.1 Å². The third-order valence-corrected chi connectivity index (χ3v) is 8.10. The van der Waals surface area contributed by atoms with E-state index >= 15 is 0 Å². The fourth-order valence-electron chi connectivity index (χ4n) is 5.92. The van der Waals surface area contributed by atoms with Crippen LogP contribution in [0.3, 0.4) is 0 Å². The van der Waals surface area contributed by atoms with Crippen molar-refractivity contribution in [3.05, 3.63) is 107 Å². The zero-order valence-electron chi connectivity index (χ0n) is 23.3. The summed E-state index contributed by atoms with van der Waals surface area (Å²) in [5.74, 6) is -0.727. The third kappa shape index (κ3) is 4.94. The number of nitrogens with zero attached hydrogens (tertiary/aromatic N) is 4. The number of benzene rings is 3. The van der Waals surface area contributed by atoms with Crippen LogP contribution < -0.4 is 5.32 Å². The third-order valence-electron chi connectivity index (χ3n) is 8.10. The number of rotatable bonds is 6. The number of carbonyl (C=O) groups excluding carboxylic acids is 3. The molecule has 1 N–H and O–H groups in total. The second-order valence-electron chi connectivity index (χ2n) is 11.2. The minimum absolute atomic E-state index is 0.0917. The lowest BCUT2D eigenvalue weighted by atomic mass is 9.80. The van der Waals surface area contributed by atoms with Gasteiger partial charge in [0.25, 0.3) is 11.8 Å². The first-order chi connectivity index (χ1) is 19.7. The van der Waals surface area contributed by atoms with Gasteiger partial charge in [0.2, 0.25) is 5.91 Å². The van der Waals surface area contributed by atoms with E-state index in [1.807, 2.05) is 56.3 Å². The molecule has 1 saturated heterocycles. The number of anilines is 1. The van der Waals surface area contributed by atoms with Crippen molar-refractivity contribution in [2.45, 2.75) is 44.3 Å². The highest BCUT2D eigenvalue weighted by molar-refractivity contribution is 6.07. The van der Waals surface area contributed by atoms with Crippen LogP contribution in [0.15, 0.2) is 72.8 Å². The molecule has 8 heteroatoms. The monoisotopic (exact) mass is 545 g/mol. The number of likely N-dealkylation sites (N-methyl/N-ethyl adjacent to an activating group) is 1. The highest BCUT2D eigenvalue weighted by atomic mass is 16.2. The van der Waals surface area contributed by atoms with Gasteiger partial charge in [-0.25, -0.2) is 11.4 Å². The van der Waals surface area contributed by atoms with E-state index in [0.717, 1.165) is 16.7 Å². The Hall–Kier alpha value is -4.95. The first kappa shape index (κ1) is 27.6. The zero-order chi connectivity index (χ0) is 29.3. The summed E-state index contributed by atoms with van der Waals surface area (Å²) in [5.41, 5.74) is 3.21. The van der Waals surface area contributed by atoms with E-state index in [1.54, 1.807) is 37.4 Å². The average Bonchev–Trinajstić information content (AvgIpc) is 3.52. The van der Waals surface area contributed by atoms with Crippen LogP contribution in [0.2, 0.25) is 0 Å². The van der Waals surface area contributed by atoms with Crippen molar-refractivity contribution in [3.8, 4) is 11.1 Å². The molecule has 206 valence electrons. The highest BCUT2D eigenvalue weighted by Crippen LogP contribution is 2.47. The Bertz CT molecular complexity index is 1600. The van der Waals surface area contributed by atoms with Gasteiger partial charge in [0.1, 0.15) is 11.5 Å². The lowest BCUT2D eigenvalue weighted by Crippen LogP contribution is -2.51. The molecule has 8 nitrogen and oxygen atoms in total. The Kier molecular flexibility index (Phi) is 7.34. The van der Waals surface area contributed by atoms with Crippen molar-refractivity contribution in [3.63, 3.8) is 0 Å². The van der Waals surface area contributed by atoms with Gasteiger partial charge < -0.3 is 10.2 Å². The quantitative estimate of drug-likeness (QED) is 0.400. The van der Waals surface area contributed by atoms with Crippen LogP contribution in [-0.4, -0.2) is 53.3 Å². The van der Waals surface area contributed by atoms with Crippen molar-refractivity contribution in [1.29, 1.82) is 0 Å². The molecular formula is C33H31N5O3. The predicted octanol–water partition coefficient (Wildman–Crippen LogP) is 5.76. The fourth-order valence-corrected chi connectivity index (χ4v) is 5.92. The van der Waals surface area contributed by atoms with Crippen molar-refractivity contribution < 1.29 is 14.4 Å². The summed E-state index contributed by atoms with van der Waals surface area (Å²) in [6, 6.07) is 21.0. The molecule has 0 aliphatic carbocycles. The van der Waals surface area contributed by atoms with E-state index in [-0.39, 0.29) is 36.6 Å².